The molecule has 0 radical (unpaired) electrons. The monoisotopic (exact) mass is 416 g/mol. The van der Waals surface area contributed by atoms with Gasteiger partial charge < -0.3 is 0 Å². The molecule has 4 aromatic carbocycles. The van der Waals surface area contributed by atoms with Crippen LogP contribution in [0.4, 0.5) is 0 Å². The van der Waals surface area contributed by atoms with Crippen molar-refractivity contribution in [3.63, 3.8) is 0 Å². The Morgan fingerprint density at radius 3 is 1.69 bits per heavy atom. The van der Waals surface area contributed by atoms with Gasteiger partial charge in [0.15, 0.2) is 0 Å². The molecule has 0 unspecified atom stereocenters. The number of hydrogen-bond acceptors (Lipinski definition) is 2. The van der Waals surface area contributed by atoms with Crippen molar-refractivity contribution in [2.45, 2.75) is 13.8 Å². The average molecular weight is 417 g/mol. The lowest BCUT2D eigenvalue weighted by Gasteiger charge is -2.09. The van der Waals surface area contributed by atoms with Crippen molar-refractivity contribution in [2.24, 2.45) is 0 Å². The number of aryl methyl sites for hydroxylation is 2. The van der Waals surface area contributed by atoms with E-state index < -0.39 is 0 Å². The zero-order valence-electron chi connectivity index (χ0n) is 18.2. The molecule has 0 aliphatic heterocycles. The summed E-state index contributed by atoms with van der Waals surface area (Å²) in [7, 11) is 0. The molecular formula is C30H24O2. The summed E-state index contributed by atoms with van der Waals surface area (Å²) in [6, 6.07) is 24.1. The van der Waals surface area contributed by atoms with Gasteiger partial charge in [-0.15, -0.1) is 0 Å². The van der Waals surface area contributed by atoms with E-state index in [2.05, 4.69) is 54.6 Å². The summed E-state index contributed by atoms with van der Waals surface area (Å²) in [5.74, 6) is 0. The molecular weight excluding hydrogens is 392 g/mol. The van der Waals surface area contributed by atoms with Gasteiger partial charge in [0.05, 0.1) is 0 Å². The van der Waals surface area contributed by atoms with E-state index in [1.807, 2.05) is 56.3 Å². The van der Waals surface area contributed by atoms with Crippen molar-refractivity contribution < 1.29 is 9.59 Å². The van der Waals surface area contributed by atoms with Crippen molar-refractivity contribution in [3.05, 3.63) is 117 Å². The molecule has 0 bridgehead atoms. The largest absolute Gasteiger partial charge is 0.298 e. The number of benzene rings is 4. The first-order valence-electron chi connectivity index (χ1n) is 10.6. The van der Waals surface area contributed by atoms with Crippen LogP contribution in [0, 0.1) is 13.8 Å². The fourth-order valence-corrected chi connectivity index (χ4v) is 3.91. The first-order chi connectivity index (χ1) is 15.6. The van der Waals surface area contributed by atoms with Crippen LogP contribution in [0.25, 0.3) is 35.1 Å². The Kier molecular flexibility index (Phi) is 6.23. The van der Waals surface area contributed by atoms with Crippen molar-refractivity contribution in [3.8, 4) is 0 Å². The van der Waals surface area contributed by atoms with Gasteiger partial charge in [-0.05, 0) is 70.1 Å². The zero-order valence-corrected chi connectivity index (χ0v) is 18.2. The first kappa shape index (κ1) is 21.2. The highest BCUT2D eigenvalue weighted by atomic mass is 16.1. The lowest BCUT2D eigenvalue weighted by molar-refractivity contribution is 0.111. The fraction of sp³-hybridized carbons (Fsp3) is 0.0667. The quantitative estimate of drug-likeness (QED) is 0.242. The van der Waals surface area contributed by atoms with Crippen LogP contribution in [0.5, 0.6) is 0 Å². The number of rotatable bonds is 6. The maximum absolute atomic E-state index is 11.0. The minimum atomic E-state index is 0.685. The van der Waals surface area contributed by atoms with E-state index in [1.54, 1.807) is 0 Å². The van der Waals surface area contributed by atoms with Crippen molar-refractivity contribution in [2.75, 3.05) is 0 Å². The summed E-state index contributed by atoms with van der Waals surface area (Å²) in [6.45, 7) is 4.03. The van der Waals surface area contributed by atoms with Gasteiger partial charge in [-0.25, -0.2) is 0 Å². The summed E-state index contributed by atoms with van der Waals surface area (Å²) in [5.41, 5.74) is 7.91. The molecule has 0 amide bonds. The van der Waals surface area contributed by atoms with Crippen LogP contribution in [0.3, 0.4) is 0 Å². The molecule has 0 aliphatic rings. The van der Waals surface area contributed by atoms with Gasteiger partial charge in [-0.1, -0.05) is 85.0 Å². The Labute approximate surface area is 188 Å². The van der Waals surface area contributed by atoms with Gasteiger partial charge in [-0.2, -0.15) is 0 Å². The van der Waals surface area contributed by atoms with E-state index in [0.717, 1.165) is 46.0 Å². The van der Waals surface area contributed by atoms with E-state index in [4.69, 9.17) is 0 Å². The van der Waals surface area contributed by atoms with E-state index in [0.29, 0.717) is 11.1 Å². The third-order valence-corrected chi connectivity index (χ3v) is 5.74. The summed E-state index contributed by atoms with van der Waals surface area (Å²) < 4.78 is 0. The number of fused-ring (bicyclic) bond motifs is 1. The SMILES string of the molecule is Cc1cc(C=O)ccc1/C=C/c1ccc2ccccc2c1/C=C/c1ccc(C=O)cc1C. The van der Waals surface area contributed by atoms with E-state index >= 15 is 0 Å². The van der Waals surface area contributed by atoms with Crippen molar-refractivity contribution >= 4 is 47.6 Å². The summed E-state index contributed by atoms with van der Waals surface area (Å²) in [4.78, 5) is 22.1. The molecule has 4 aromatic rings. The highest BCUT2D eigenvalue weighted by Crippen LogP contribution is 2.27. The Balaban J connectivity index is 1.78. The molecule has 0 atom stereocenters. The first-order valence-corrected chi connectivity index (χ1v) is 10.6. The summed E-state index contributed by atoms with van der Waals surface area (Å²) in [6.07, 6.45) is 10.2. The molecule has 32 heavy (non-hydrogen) atoms. The van der Waals surface area contributed by atoms with Crippen LogP contribution in [0.15, 0.2) is 72.8 Å². The number of carbonyl (C=O) groups excluding carboxylic acids is 2. The minimum Gasteiger partial charge on any atom is -0.298 e. The van der Waals surface area contributed by atoms with E-state index in [1.165, 1.54) is 10.8 Å². The maximum atomic E-state index is 11.0. The molecule has 0 spiro atoms. The molecule has 0 fully saturated rings. The van der Waals surface area contributed by atoms with Crippen LogP contribution >= 0.6 is 0 Å². The standard InChI is InChI=1S/C30H24O2/c1-21-17-23(19-31)7-9-25(21)11-12-28-14-13-27-5-3-4-6-29(27)30(28)16-15-26-10-8-24(20-32)18-22(26)2/h3-20H,1-2H3/b12-11+,16-15+. The van der Waals surface area contributed by atoms with E-state index in [9.17, 15) is 9.59 Å². The van der Waals surface area contributed by atoms with Crippen LogP contribution in [-0.2, 0) is 0 Å². The molecule has 0 saturated carbocycles. The summed E-state index contributed by atoms with van der Waals surface area (Å²) >= 11 is 0. The number of aldehydes is 2. The third kappa shape index (κ3) is 4.50. The Hall–Kier alpha value is -4.04. The summed E-state index contributed by atoms with van der Waals surface area (Å²) in [5, 5.41) is 2.37. The lowest BCUT2D eigenvalue weighted by Crippen LogP contribution is -1.88. The Morgan fingerprint density at radius 1 is 0.562 bits per heavy atom. The van der Waals surface area contributed by atoms with Crippen molar-refractivity contribution in [1.82, 2.24) is 0 Å². The molecule has 2 nitrogen and oxygen atoms in total. The van der Waals surface area contributed by atoms with Crippen LogP contribution in [0.1, 0.15) is 54.1 Å². The lowest BCUT2D eigenvalue weighted by atomic mass is 9.96. The van der Waals surface area contributed by atoms with Crippen LogP contribution in [-0.4, -0.2) is 12.6 Å². The molecule has 0 aromatic heterocycles. The molecule has 0 aliphatic carbocycles. The van der Waals surface area contributed by atoms with Gasteiger partial charge >= 0.3 is 0 Å². The number of hydrogen-bond donors (Lipinski definition) is 0. The van der Waals surface area contributed by atoms with Gasteiger partial charge in [0.2, 0.25) is 0 Å². The third-order valence-electron chi connectivity index (χ3n) is 5.74. The molecule has 2 heteroatoms. The predicted molar refractivity (Wildman–Crippen MR) is 135 cm³/mol. The van der Waals surface area contributed by atoms with Gasteiger partial charge in [0.1, 0.15) is 12.6 Å². The second-order valence-corrected chi connectivity index (χ2v) is 7.92. The smallest absolute Gasteiger partial charge is 0.150 e. The molecule has 4 rings (SSSR count). The zero-order chi connectivity index (χ0) is 22.5. The molecule has 0 heterocycles. The average Bonchev–Trinajstić information content (AvgIpc) is 2.82. The minimum absolute atomic E-state index is 0.685. The fourth-order valence-electron chi connectivity index (χ4n) is 3.91. The van der Waals surface area contributed by atoms with Gasteiger partial charge in [-0.3, -0.25) is 9.59 Å². The Morgan fingerprint density at radius 2 is 1.09 bits per heavy atom. The number of carbonyl (C=O) groups is 2. The second kappa shape index (κ2) is 9.40. The molecule has 0 N–H and O–H groups in total. The predicted octanol–water partition coefficient (Wildman–Crippen LogP) is 7.42. The molecule has 0 saturated heterocycles. The second-order valence-electron chi connectivity index (χ2n) is 7.92. The van der Waals surface area contributed by atoms with Crippen LogP contribution in [0.2, 0.25) is 0 Å². The van der Waals surface area contributed by atoms with E-state index in [-0.39, 0.29) is 0 Å². The highest BCUT2D eigenvalue weighted by molar-refractivity contribution is 5.97. The normalized spacial score (nSPS) is 11.4. The van der Waals surface area contributed by atoms with Gasteiger partial charge in [0.25, 0.3) is 0 Å². The Bertz CT molecular complexity index is 1370. The van der Waals surface area contributed by atoms with Gasteiger partial charge in [0, 0.05) is 11.1 Å². The highest BCUT2D eigenvalue weighted by Gasteiger charge is 2.05. The van der Waals surface area contributed by atoms with Crippen LogP contribution < -0.4 is 0 Å². The van der Waals surface area contributed by atoms with Crippen molar-refractivity contribution in [1.29, 1.82) is 0 Å². The maximum Gasteiger partial charge on any atom is 0.150 e. The topological polar surface area (TPSA) is 34.1 Å². The molecule has 156 valence electrons.